The standard InChI is InChI=1S/C14H22N2O2/c1-13(2,3)10-14(4,5)15-11-8-6-7-9-12(11)16(17)18/h6-9,15H,10H2,1-5H3. The van der Waals surface area contributed by atoms with Crippen molar-refractivity contribution in [3.8, 4) is 0 Å². The predicted octanol–water partition coefficient (Wildman–Crippen LogP) is 4.22. The number of hydrogen-bond donors (Lipinski definition) is 1. The highest BCUT2D eigenvalue weighted by Gasteiger charge is 2.27. The number of nitro benzene ring substituents is 1. The Morgan fingerprint density at radius 3 is 2.22 bits per heavy atom. The molecule has 0 aromatic heterocycles. The minimum absolute atomic E-state index is 0.125. The van der Waals surface area contributed by atoms with Gasteiger partial charge in [0.2, 0.25) is 0 Å². The maximum Gasteiger partial charge on any atom is 0.292 e. The van der Waals surface area contributed by atoms with Crippen molar-refractivity contribution in [1.82, 2.24) is 0 Å². The van der Waals surface area contributed by atoms with E-state index in [2.05, 4.69) is 39.9 Å². The van der Waals surface area contributed by atoms with E-state index in [1.54, 1.807) is 12.1 Å². The smallest absolute Gasteiger partial charge is 0.292 e. The third-order valence-corrected chi connectivity index (χ3v) is 2.55. The van der Waals surface area contributed by atoms with Gasteiger partial charge in [-0.3, -0.25) is 10.1 Å². The van der Waals surface area contributed by atoms with E-state index < -0.39 is 0 Å². The molecule has 0 atom stereocenters. The number of para-hydroxylation sites is 2. The first kappa shape index (κ1) is 14.5. The summed E-state index contributed by atoms with van der Waals surface area (Å²) in [7, 11) is 0. The average molecular weight is 250 g/mol. The number of rotatable bonds is 4. The lowest BCUT2D eigenvalue weighted by Gasteiger charge is -2.34. The first-order chi connectivity index (χ1) is 8.11. The molecule has 0 fully saturated rings. The molecule has 4 nitrogen and oxygen atoms in total. The van der Waals surface area contributed by atoms with Gasteiger partial charge in [-0.25, -0.2) is 0 Å². The van der Waals surface area contributed by atoms with Crippen molar-refractivity contribution in [2.45, 2.75) is 46.6 Å². The summed E-state index contributed by atoms with van der Waals surface area (Å²) in [5.74, 6) is 0. The van der Waals surface area contributed by atoms with Crippen LogP contribution in [0.15, 0.2) is 24.3 Å². The lowest BCUT2D eigenvalue weighted by molar-refractivity contribution is -0.384. The van der Waals surface area contributed by atoms with Crippen molar-refractivity contribution >= 4 is 11.4 Å². The van der Waals surface area contributed by atoms with Crippen LogP contribution in [-0.4, -0.2) is 10.5 Å². The first-order valence-electron chi connectivity index (χ1n) is 6.12. The van der Waals surface area contributed by atoms with Crippen LogP contribution in [-0.2, 0) is 0 Å². The number of anilines is 1. The fourth-order valence-electron chi connectivity index (χ4n) is 2.47. The molecular weight excluding hydrogens is 228 g/mol. The SMILES string of the molecule is CC(C)(C)CC(C)(C)Nc1ccccc1[N+](=O)[O-]. The first-order valence-corrected chi connectivity index (χ1v) is 6.12. The molecule has 0 aliphatic rings. The summed E-state index contributed by atoms with van der Waals surface area (Å²) in [5, 5.41) is 14.2. The summed E-state index contributed by atoms with van der Waals surface area (Å²) in [6, 6.07) is 6.76. The largest absolute Gasteiger partial charge is 0.375 e. The van der Waals surface area contributed by atoms with E-state index in [1.165, 1.54) is 6.07 Å². The molecule has 0 amide bonds. The Hall–Kier alpha value is -1.58. The second-order valence-electron chi connectivity index (χ2n) is 6.52. The van der Waals surface area contributed by atoms with Gasteiger partial charge in [0, 0.05) is 11.6 Å². The van der Waals surface area contributed by atoms with Crippen LogP contribution >= 0.6 is 0 Å². The molecule has 4 heteroatoms. The van der Waals surface area contributed by atoms with Crippen molar-refractivity contribution in [3.05, 3.63) is 34.4 Å². The lowest BCUT2D eigenvalue weighted by atomic mass is 9.81. The van der Waals surface area contributed by atoms with Crippen LogP contribution in [0.3, 0.4) is 0 Å². The van der Waals surface area contributed by atoms with Crippen LogP contribution in [0, 0.1) is 15.5 Å². The molecular formula is C14H22N2O2. The molecule has 0 heterocycles. The van der Waals surface area contributed by atoms with Gasteiger partial charge in [0.05, 0.1) is 4.92 Å². The Bertz CT molecular complexity index is 434. The van der Waals surface area contributed by atoms with E-state index in [0.29, 0.717) is 5.69 Å². The van der Waals surface area contributed by atoms with Crippen LogP contribution in [0.1, 0.15) is 41.0 Å². The second kappa shape index (κ2) is 4.96. The summed E-state index contributed by atoms with van der Waals surface area (Å²) in [4.78, 5) is 10.6. The molecule has 0 spiro atoms. The summed E-state index contributed by atoms with van der Waals surface area (Å²) < 4.78 is 0. The summed E-state index contributed by atoms with van der Waals surface area (Å²) in [5.41, 5.74) is 0.681. The molecule has 0 aliphatic heterocycles. The number of benzene rings is 1. The Labute approximate surface area is 109 Å². The lowest BCUT2D eigenvalue weighted by Crippen LogP contribution is -2.35. The number of hydrogen-bond acceptors (Lipinski definition) is 3. The van der Waals surface area contributed by atoms with Crippen molar-refractivity contribution in [3.63, 3.8) is 0 Å². The topological polar surface area (TPSA) is 55.2 Å². The molecule has 0 unspecified atom stereocenters. The van der Waals surface area contributed by atoms with Gasteiger partial charge in [0.25, 0.3) is 5.69 Å². The molecule has 0 saturated carbocycles. The summed E-state index contributed by atoms with van der Waals surface area (Å²) in [6.07, 6.45) is 0.923. The Kier molecular flexibility index (Phi) is 3.99. The highest BCUT2D eigenvalue weighted by molar-refractivity contribution is 5.62. The fraction of sp³-hybridized carbons (Fsp3) is 0.571. The normalized spacial score (nSPS) is 12.3. The van der Waals surface area contributed by atoms with E-state index in [-0.39, 0.29) is 21.6 Å². The van der Waals surface area contributed by atoms with Crippen LogP contribution in [0.4, 0.5) is 11.4 Å². The van der Waals surface area contributed by atoms with E-state index in [9.17, 15) is 10.1 Å². The molecule has 1 aromatic carbocycles. The van der Waals surface area contributed by atoms with Crippen LogP contribution < -0.4 is 5.32 Å². The van der Waals surface area contributed by atoms with Gasteiger partial charge in [0.1, 0.15) is 5.69 Å². The van der Waals surface area contributed by atoms with Crippen molar-refractivity contribution in [1.29, 1.82) is 0 Å². The minimum Gasteiger partial charge on any atom is -0.375 e. The zero-order chi connectivity index (χ0) is 14.0. The predicted molar refractivity (Wildman–Crippen MR) is 74.9 cm³/mol. The Morgan fingerprint density at radius 2 is 1.72 bits per heavy atom. The third-order valence-electron chi connectivity index (χ3n) is 2.55. The molecule has 0 aliphatic carbocycles. The minimum atomic E-state index is -0.352. The quantitative estimate of drug-likeness (QED) is 0.643. The second-order valence-corrected chi connectivity index (χ2v) is 6.52. The molecule has 1 rings (SSSR count). The van der Waals surface area contributed by atoms with E-state index in [1.807, 2.05) is 6.07 Å². The van der Waals surface area contributed by atoms with Gasteiger partial charge in [0.15, 0.2) is 0 Å². The van der Waals surface area contributed by atoms with Crippen LogP contribution in [0.2, 0.25) is 0 Å². The van der Waals surface area contributed by atoms with Crippen LogP contribution in [0.25, 0.3) is 0 Å². The Morgan fingerprint density at radius 1 is 1.17 bits per heavy atom. The van der Waals surface area contributed by atoms with E-state index in [4.69, 9.17) is 0 Å². The number of nitro groups is 1. The molecule has 0 saturated heterocycles. The number of nitrogens with zero attached hydrogens (tertiary/aromatic N) is 1. The third kappa shape index (κ3) is 4.35. The average Bonchev–Trinajstić information content (AvgIpc) is 2.13. The zero-order valence-electron chi connectivity index (χ0n) is 11.8. The summed E-state index contributed by atoms with van der Waals surface area (Å²) >= 11 is 0. The summed E-state index contributed by atoms with van der Waals surface area (Å²) in [6.45, 7) is 10.6. The molecule has 0 radical (unpaired) electrons. The van der Waals surface area contributed by atoms with E-state index in [0.717, 1.165) is 6.42 Å². The Balaban J connectivity index is 2.94. The van der Waals surface area contributed by atoms with Gasteiger partial charge in [-0.1, -0.05) is 32.9 Å². The fourth-order valence-corrected chi connectivity index (χ4v) is 2.47. The molecule has 0 bridgehead atoms. The highest BCUT2D eigenvalue weighted by atomic mass is 16.6. The van der Waals surface area contributed by atoms with E-state index >= 15 is 0 Å². The molecule has 1 aromatic rings. The molecule has 18 heavy (non-hydrogen) atoms. The maximum absolute atomic E-state index is 11.0. The zero-order valence-corrected chi connectivity index (χ0v) is 11.8. The van der Waals surface area contributed by atoms with Gasteiger partial charge in [-0.15, -0.1) is 0 Å². The van der Waals surface area contributed by atoms with Crippen molar-refractivity contribution < 1.29 is 4.92 Å². The van der Waals surface area contributed by atoms with Gasteiger partial charge >= 0.3 is 0 Å². The van der Waals surface area contributed by atoms with Gasteiger partial charge in [-0.2, -0.15) is 0 Å². The molecule has 1 N–H and O–H groups in total. The monoisotopic (exact) mass is 250 g/mol. The number of nitrogens with one attached hydrogen (secondary N) is 1. The van der Waals surface area contributed by atoms with Gasteiger partial charge < -0.3 is 5.32 Å². The van der Waals surface area contributed by atoms with Gasteiger partial charge in [-0.05, 0) is 31.7 Å². The highest BCUT2D eigenvalue weighted by Crippen LogP contribution is 2.32. The van der Waals surface area contributed by atoms with Crippen LogP contribution in [0.5, 0.6) is 0 Å². The van der Waals surface area contributed by atoms with Crippen molar-refractivity contribution in [2.75, 3.05) is 5.32 Å². The molecule has 100 valence electrons. The maximum atomic E-state index is 11.0. The van der Waals surface area contributed by atoms with Crippen molar-refractivity contribution in [2.24, 2.45) is 5.41 Å².